The summed E-state index contributed by atoms with van der Waals surface area (Å²) in [7, 11) is 3.31. The standard InChI is InChI=1S/C17H27N3O2.HI/c1-21-15-9-8-14(13-16(15)22-2)7-6-10-19-17(18)20-11-4-3-5-12-20;/h8-9,13H,3-7,10-12H2,1-2H3,(H2,18,19);1H. The molecule has 130 valence electrons. The number of nitrogens with two attached hydrogens (primary N) is 1. The van der Waals surface area contributed by atoms with Gasteiger partial charge in [-0.2, -0.15) is 0 Å². The molecule has 1 heterocycles. The molecule has 0 radical (unpaired) electrons. The van der Waals surface area contributed by atoms with Crippen molar-refractivity contribution in [3.63, 3.8) is 0 Å². The minimum atomic E-state index is 0. The molecular formula is C17H28IN3O2. The molecule has 1 aromatic rings. The maximum atomic E-state index is 6.05. The molecule has 0 amide bonds. The third-order valence-corrected chi connectivity index (χ3v) is 4.03. The Bertz CT molecular complexity index is 503. The first-order valence-corrected chi connectivity index (χ1v) is 8.00. The van der Waals surface area contributed by atoms with Crippen LogP contribution in [0.1, 0.15) is 31.2 Å². The van der Waals surface area contributed by atoms with Gasteiger partial charge >= 0.3 is 0 Å². The Morgan fingerprint density at radius 2 is 1.83 bits per heavy atom. The highest BCUT2D eigenvalue weighted by molar-refractivity contribution is 14.0. The maximum absolute atomic E-state index is 6.05. The fourth-order valence-electron chi connectivity index (χ4n) is 2.74. The molecule has 1 fully saturated rings. The van der Waals surface area contributed by atoms with Gasteiger partial charge in [-0.25, -0.2) is 0 Å². The summed E-state index contributed by atoms with van der Waals surface area (Å²) in [6, 6.07) is 6.04. The summed E-state index contributed by atoms with van der Waals surface area (Å²) >= 11 is 0. The van der Waals surface area contributed by atoms with Gasteiger partial charge in [-0.1, -0.05) is 6.07 Å². The molecule has 0 aromatic heterocycles. The topological polar surface area (TPSA) is 60.1 Å². The van der Waals surface area contributed by atoms with E-state index < -0.39 is 0 Å². The van der Waals surface area contributed by atoms with E-state index in [1.54, 1.807) is 14.2 Å². The van der Waals surface area contributed by atoms with Crippen molar-refractivity contribution in [2.45, 2.75) is 32.1 Å². The summed E-state index contributed by atoms with van der Waals surface area (Å²) in [5.41, 5.74) is 7.28. The first-order valence-electron chi connectivity index (χ1n) is 8.00. The number of benzene rings is 1. The minimum Gasteiger partial charge on any atom is -0.493 e. The summed E-state index contributed by atoms with van der Waals surface area (Å²) in [6.45, 7) is 2.85. The van der Waals surface area contributed by atoms with E-state index in [1.807, 2.05) is 12.1 Å². The second-order valence-electron chi connectivity index (χ2n) is 5.58. The van der Waals surface area contributed by atoms with Crippen LogP contribution in [-0.2, 0) is 6.42 Å². The molecular weight excluding hydrogens is 405 g/mol. The Morgan fingerprint density at radius 3 is 2.48 bits per heavy atom. The highest BCUT2D eigenvalue weighted by Gasteiger charge is 2.11. The van der Waals surface area contributed by atoms with Crippen LogP contribution in [0.15, 0.2) is 23.2 Å². The van der Waals surface area contributed by atoms with E-state index in [4.69, 9.17) is 15.2 Å². The van der Waals surface area contributed by atoms with Gasteiger partial charge in [-0.05, 0) is 49.8 Å². The van der Waals surface area contributed by atoms with E-state index in [9.17, 15) is 0 Å². The predicted octanol–water partition coefficient (Wildman–Crippen LogP) is 3.06. The molecule has 0 bridgehead atoms. The number of guanidine groups is 1. The molecule has 5 nitrogen and oxygen atoms in total. The van der Waals surface area contributed by atoms with Gasteiger partial charge in [0, 0.05) is 19.6 Å². The minimum absolute atomic E-state index is 0. The molecule has 6 heteroatoms. The number of aliphatic imine (C=N–C) groups is 1. The first-order chi connectivity index (χ1) is 10.7. The number of hydrogen-bond donors (Lipinski definition) is 1. The Kier molecular flexibility index (Phi) is 9.13. The van der Waals surface area contributed by atoms with E-state index in [-0.39, 0.29) is 24.0 Å². The fraction of sp³-hybridized carbons (Fsp3) is 0.588. The lowest BCUT2D eigenvalue weighted by Gasteiger charge is -2.27. The highest BCUT2D eigenvalue weighted by Crippen LogP contribution is 2.27. The largest absolute Gasteiger partial charge is 0.493 e. The average Bonchev–Trinajstić information content (AvgIpc) is 2.59. The van der Waals surface area contributed by atoms with Gasteiger partial charge in [0.1, 0.15) is 0 Å². The smallest absolute Gasteiger partial charge is 0.191 e. The van der Waals surface area contributed by atoms with E-state index in [2.05, 4.69) is 16.0 Å². The van der Waals surface area contributed by atoms with Gasteiger partial charge < -0.3 is 20.1 Å². The number of nitrogens with zero attached hydrogens (tertiary/aromatic N) is 2. The molecule has 1 aliphatic heterocycles. The number of methoxy groups -OCH3 is 2. The zero-order valence-electron chi connectivity index (χ0n) is 14.1. The number of likely N-dealkylation sites (tertiary alicyclic amines) is 1. The van der Waals surface area contributed by atoms with Crippen LogP contribution in [0.25, 0.3) is 0 Å². The first kappa shape index (κ1) is 19.9. The number of aryl methyl sites for hydroxylation is 1. The van der Waals surface area contributed by atoms with Gasteiger partial charge in [0.2, 0.25) is 0 Å². The van der Waals surface area contributed by atoms with Crippen LogP contribution in [0.2, 0.25) is 0 Å². The summed E-state index contributed by atoms with van der Waals surface area (Å²) in [4.78, 5) is 6.70. The van der Waals surface area contributed by atoms with Crippen molar-refractivity contribution in [3.8, 4) is 11.5 Å². The molecule has 1 aromatic carbocycles. The van der Waals surface area contributed by atoms with Gasteiger partial charge in [0.25, 0.3) is 0 Å². The summed E-state index contributed by atoms with van der Waals surface area (Å²) in [5.74, 6) is 2.24. The Labute approximate surface area is 156 Å². The molecule has 2 rings (SSSR count). The van der Waals surface area contributed by atoms with E-state index in [1.165, 1.54) is 24.8 Å². The molecule has 1 aliphatic rings. The van der Waals surface area contributed by atoms with E-state index >= 15 is 0 Å². The molecule has 0 atom stereocenters. The van der Waals surface area contributed by atoms with Gasteiger partial charge in [0.05, 0.1) is 14.2 Å². The average molecular weight is 433 g/mol. The molecule has 0 unspecified atom stereocenters. The van der Waals surface area contributed by atoms with Crippen LogP contribution in [-0.4, -0.2) is 44.7 Å². The quantitative estimate of drug-likeness (QED) is 0.324. The lowest BCUT2D eigenvalue weighted by Crippen LogP contribution is -2.40. The van der Waals surface area contributed by atoms with Crippen molar-refractivity contribution < 1.29 is 9.47 Å². The number of ether oxygens (including phenoxy) is 2. The van der Waals surface area contributed by atoms with Crippen LogP contribution in [0.4, 0.5) is 0 Å². The third kappa shape index (κ3) is 6.08. The molecule has 0 aliphatic carbocycles. The van der Waals surface area contributed by atoms with Crippen molar-refractivity contribution in [1.29, 1.82) is 0 Å². The Balaban J connectivity index is 0.00000264. The number of rotatable bonds is 6. The van der Waals surface area contributed by atoms with Gasteiger partial charge in [0.15, 0.2) is 17.5 Å². The second-order valence-corrected chi connectivity index (χ2v) is 5.58. The van der Waals surface area contributed by atoms with Crippen LogP contribution in [0.5, 0.6) is 11.5 Å². The zero-order valence-corrected chi connectivity index (χ0v) is 16.4. The molecule has 23 heavy (non-hydrogen) atoms. The Morgan fingerprint density at radius 1 is 1.13 bits per heavy atom. The van der Waals surface area contributed by atoms with Crippen LogP contribution < -0.4 is 15.2 Å². The van der Waals surface area contributed by atoms with Crippen molar-refractivity contribution in [2.24, 2.45) is 10.7 Å². The molecule has 1 saturated heterocycles. The monoisotopic (exact) mass is 433 g/mol. The number of halogens is 1. The summed E-state index contributed by atoms with van der Waals surface area (Å²) in [5, 5.41) is 0. The molecule has 0 spiro atoms. The van der Waals surface area contributed by atoms with Crippen molar-refractivity contribution in [3.05, 3.63) is 23.8 Å². The lowest BCUT2D eigenvalue weighted by molar-refractivity contribution is 0.338. The van der Waals surface area contributed by atoms with Gasteiger partial charge in [-0.3, -0.25) is 4.99 Å². The van der Waals surface area contributed by atoms with E-state index in [0.29, 0.717) is 5.96 Å². The van der Waals surface area contributed by atoms with E-state index in [0.717, 1.165) is 44.0 Å². The number of hydrogen-bond acceptors (Lipinski definition) is 3. The zero-order chi connectivity index (χ0) is 15.8. The molecule has 2 N–H and O–H groups in total. The third-order valence-electron chi connectivity index (χ3n) is 4.03. The SMILES string of the molecule is COc1ccc(CCCN=C(N)N2CCCCC2)cc1OC.I. The molecule has 0 saturated carbocycles. The number of piperidine rings is 1. The second kappa shape index (κ2) is 10.6. The predicted molar refractivity (Wildman–Crippen MR) is 105 cm³/mol. The van der Waals surface area contributed by atoms with Crippen LogP contribution >= 0.6 is 24.0 Å². The van der Waals surface area contributed by atoms with Gasteiger partial charge in [-0.15, -0.1) is 24.0 Å². The summed E-state index contributed by atoms with van der Waals surface area (Å²) in [6.07, 6.45) is 5.69. The fourth-order valence-corrected chi connectivity index (χ4v) is 2.74. The maximum Gasteiger partial charge on any atom is 0.191 e. The van der Waals surface area contributed by atoms with Crippen LogP contribution in [0, 0.1) is 0 Å². The normalized spacial score (nSPS) is 15.0. The lowest BCUT2D eigenvalue weighted by atomic mass is 10.1. The summed E-state index contributed by atoms with van der Waals surface area (Å²) < 4.78 is 10.6. The van der Waals surface area contributed by atoms with Crippen LogP contribution in [0.3, 0.4) is 0 Å². The highest BCUT2D eigenvalue weighted by atomic mass is 127. The van der Waals surface area contributed by atoms with Crippen molar-refractivity contribution in [2.75, 3.05) is 33.9 Å². The van der Waals surface area contributed by atoms with Crippen molar-refractivity contribution >= 4 is 29.9 Å². The van der Waals surface area contributed by atoms with Crippen molar-refractivity contribution in [1.82, 2.24) is 4.90 Å². The Hall–Kier alpha value is -1.18.